The minimum atomic E-state index is -0.630. The van der Waals surface area contributed by atoms with Crippen LogP contribution in [0, 0.1) is 31.1 Å². The van der Waals surface area contributed by atoms with E-state index in [2.05, 4.69) is 5.32 Å². The van der Waals surface area contributed by atoms with Gasteiger partial charge >= 0.3 is 5.97 Å². The molecule has 0 saturated heterocycles. The lowest BCUT2D eigenvalue weighted by Gasteiger charge is -2.15. The van der Waals surface area contributed by atoms with E-state index in [0.29, 0.717) is 10.6 Å². The number of thiophene rings is 1. The summed E-state index contributed by atoms with van der Waals surface area (Å²) < 4.78 is 5.13. The van der Waals surface area contributed by atoms with Gasteiger partial charge in [-0.05, 0) is 32.3 Å². The summed E-state index contributed by atoms with van der Waals surface area (Å²) in [5.41, 5.74) is 1.05. The van der Waals surface area contributed by atoms with Crippen LogP contribution in [0.5, 0.6) is 0 Å². The van der Waals surface area contributed by atoms with E-state index >= 15 is 0 Å². The van der Waals surface area contributed by atoms with Gasteiger partial charge in [0.25, 0.3) is 5.91 Å². The fourth-order valence-corrected chi connectivity index (χ4v) is 3.22. The molecule has 1 aliphatic carbocycles. The Morgan fingerprint density at radius 1 is 1.36 bits per heavy atom. The molecular formula is C17H21N3O4S. The Kier molecular flexibility index (Phi) is 6.15. The predicted octanol–water partition coefficient (Wildman–Crippen LogP) is 2.24. The number of nitriles is 1. The zero-order chi connectivity index (χ0) is 18.6. The van der Waals surface area contributed by atoms with E-state index in [1.54, 1.807) is 14.0 Å². The largest absolute Gasteiger partial charge is 0.452 e. The van der Waals surface area contributed by atoms with Crippen molar-refractivity contribution in [2.24, 2.45) is 5.92 Å². The van der Waals surface area contributed by atoms with Crippen LogP contribution in [0.2, 0.25) is 0 Å². The molecule has 1 N–H and O–H groups in total. The molecule has 8 heteroatoms. The molecule has 0 bridgehead atoms. The van der Waals surface area contributed by atoms with Gasteiger partial charge < -0.3 is 15.0 Å². The molecule has 1 saturated carbocycles. The van der Waals surface area contributed by atoms with Crippen LogP contribution in [0.1, 0.15) is 40.1 Å². The van der Waals surface area contributed by atoms with Gasteiger partial charge in [-0.25, -0.2) is 4.79 Å². The first-order valence-electron chi connectivity index (χ1n) is 8.04. The van der Waals surface area contributed by atoms with E-state index in [1.165, 1.54) is 16.2 Å². The normalized spacial score (nSPS) is 13.0. The van der Waals surface area contributed by atoms with Gasteiger partial charge in [-0.3, -0.25) is 9.59 Å². The monoisotopic (exact) mass is 363 g/mol. The molecular weight excluding hydrogens is 342 g/mol. The number of anilines is 1. The second-order valence-electron chi connectivity index (χ2n) is 6.05. The smallest absolute Gasteiger partial charge is 0.341 e. The van der Waals surface area contributed by atoms with Crippen molar-refractivity contribution in [1.82, 2.24) is 4.90 Å². The lowest BCUT2D eigenvalue weighted by atomic mass is 10.1. The number of carbonyl (C=O) groups is 3. The van der Waals surface area contributed by atoms with E-state index in [1.807, 2.05) is 13.0 Å². The van der Waals surface area contributed by atoms with Crippen molar-refractivity contribution < 1.29 is 19.1 Å². The van der Waals surface area contributed by atoms with Crippen molar-refractivity contribution in [3.63, 3.8) is 0 Å². The summed E-state index contributed by atoms with van der Waals surface area (Å²) in [4.78, 5) is 38.6. The number of aryl methyl sites for hydroxylation is 1. The molecule has 0 unspecified atom stereocenters. The number of carbonyl (C=O) groups excluding carboxylic acids is 3. The van der Waals surface area contributed by atoms with Crippen LogP contribution in [-0.2, 0) is 14.3 Å². The minimum Gasteiger partial charge on any atom is -0.452 e. The summed E-state index contributed by atoms with van der Waals surface area (Å²) in [5.74, 6) is -1.06. The molecule has 0 aromatic carbocycles. The van der Waals surface area contributed by atoms with Crippen LogP contribution in [0.4, 0.5) is 5.00 Å². The Morgan fingerprint density at radius 3 is 2.64 bits per heavy atom. The first-order chi connectivity index (χ1) is 11.8. The molecule has 0 aliphatic heterocycles. The molecule has 134 valence electrons. The van der Waals surface area contributed by atoms with Gasteiger partial charge in [0.2, 0.25) is 5.91 Å². The minimum absolute atomic E-state index is 0.0296. The summed E-state index contributed by atoms with van der Waals surface area (Å²) in [6.07, 6.45) is 1.97. The van der Waals surface area contributed by atoms with Gasteiger partial charge in [0, 0.05) is 24.4 Å². The van der Waals surface area contributed by atoms with Gasteiger partial charge in [0.05, 0.1) is 18.1 Å². The van der Waals surface area contributed by atoms with E-state index in [0.717, 1.165) is 23.3 Å². The number of rotatable bonds is 7. The molecule has 0 spiro atoms. The number of amides is 2. The summed E-state index contributed by atoms with van der Waals surface area (Å²) in [6.45, 7) is 3.54. The number of ether oxygens (including phenoxy) is 1. The van der Waals surface area contributed by atoms with Gasteiger partial charge in [-0.1, -0.05) is 0 Å². The number of nitrogens with one attached hydrogen (secondary N) is 1. The molecule has 0 radical (unpaired) electrons. The maximum Gasteiger partial charge on any atom is 0.341 e. The first kappa shape index (κ1) is 18.9. The Labute approximate surface area is 150 Å². The number of nitrogens with zero attached hydrogens (tertiary/aromatic N) is 2. The maximum absolute atomic E-state index is 12.4. The molecule has 2 amide bonds. The van der Waals surface area contributed by atoms with Crippen LogP contribution >= 0.6 is 11.3 Å². The van der Waals surface area contributed by atoms with E-state index in [-0.39, 0.29) is 30.7 Å². The van der Waals surface area contributed by atoms with Crippen molar-refractivity contribution in [3.05, 3.63) is 16.0 Å². The highest BCUT2D eigenvalue weighted by molar-refractivity contribution is 7.16. The molecule has 1 aromatic heterocycles. The summed E-state index contributed by atoms with van der Waals surface area (Å²) >= 11 is 1.33. The average molecular weight is 363 g/mol. The quantitative estimate of drug-likeness (QED) is 0.749. The number of hydrogen-bond donors (Lipinski definition) is 1. The van der Waals surface area contributed by atoms with E-state index in [4.69, 9.17) is 10.00 Å². The zero-order valence-corrected chi connectivity index (χ0v) is 15.4. The van der Waals surface area contributed by atoms with Gasteiger partial charge in [-0.15, -0.1) is 11.3 Å². The third-order valence-corrected chi connectivity index (χ3v) is 5.21. The molecule has 25 heavy (non-hydrogen) atoms. The fraction of sp³-hybridized carbons (Fsp3) is 0.529. The van der Waals surface area contributed by atoms with Crippen molar-refractivity contribution in [1.29, 1.82) is 5.26 Å². The second-order valence-corrected chi connectivity index (χ2v) is 7.28. The molecule has 0 atom stereocenters. The van der Waals surface area contributed by atoms with Gasteiger partial charge in [-0.2, -0.15) is 5.26 Å². The second kappa shape index (κ2) is 8.12. The lowest BCUT2D eigenvalue weighted by Crippen LogP contribution is -2.32. The van der Waals surface area contributed by atoms with Crippen molar-refractivity contribution >= 4 is 34.1 Å². The van der Waals surface area contributed by atoms with Crippen LogP contribution in [0.25, 0.3) is 0 Å². The van der Waals surface area contributed by atoms with Crippen LogP contribution < -0.4 is 5.32 Å². The standard InChI is InChI=1S/C17H21N3O4S/c1-10-11(2)25-16(19-15(22)12-5-6-12)14(10)17(23)24-9-13(21)20(3)8-4-7-18/h12H,4-6,8-9H2,1-3H3,(H,19,22). The Morgan fingerprint density at radius 2 is 2.04 bits per heavy atom. The SMILES string of the molecule is Cc1sc(NC(=O)C2CC2)c(C(=O)OCC(=O)N(C)CCC#N)c1C. The first-order valence-corrected chi connectivity index (χ1v) is 8.85. The molecule has 2 rings (SSSR count). The molecule has 1 fully saturated rings. The number of hydrogen-bond acceptors (Lipinski definition) is 6. The van der Waals surface area contributed by atoms with Crippen LogP contribution in [0.15, 0.2) is 0 Å². The summed E-state index contributed by atoms with van der Waals surface area (Å²) in [6, 6.07) is 1.95. The van der Waals surface area contributed by atoms with Gasteiger partial charge in [0.1, 0.15) is 5.00 Å². The van der Waals surface area contributed by atoms with Crippen molar-refractivity contribution in [3.8, 4) is 6.07 Å². The van der Waals surface area contributed by atoms with E-state index in [9.17, 15) is 14.4 Å². The third kappa shape index (κ3) is 4.79. The van der Waals surface area contributed by atoms with Crippen molar-refractivity contribution in [2.75, 3.05) is 25.5 Å². The average Bonchev–Trinajstić information content (AvgIpc) is 3.38. The Hall–Kier alpha value is -2.40. The third-order valence-electron chi connectivity index (χ3n) is 4.09. The zero-order valence-electron chi connectivity index (χ0n) is 14.5. The number of esters is 1. The fourth-order valence-electron chi connectivity index (χ4n) is 2.17. The Bertz CT molecular complexity index is 731. The predicted molar refractivity (Wildman–Crippen MR) is 93.3 cm³/mol. The molecule has 1 aliphatic rings. The number of likely N-dealkylation sites (N-methyl/N-ethyl adjacent to an activating group) is 1. The van der Waals surface area contributed by atoms with Crippen LogP contribution in [-0.4, -0.2) is 42.9 Å². The molecule has 7 nitrogen and oxygen atoms in total. The summed E-state index contributed by atoms with van der Waals surface area (Å²) in [7, 11) is 1.55. The topological polar surface area (TPSA) is 99.5 Å². The maximum atomic E-state index is 12.4. The molecule has 1 heterocycles. The van der Waals surface area contributed by atoms with E-state index < -0.39 is 12.6 Å². The Balaban J connectivity index is 2.02. The van der Waals surface area contributed by atoms with Gasteiger partial charge in [0.15, 0.2) is 6.61 Å². The summed E-state index contributed by atoms with van der Waals surface area (Å²) in [5, 5.41) is 11.8. The highest BCUT2D eigenvalue weighted by atomic mass is 32.1. The highest BCUT2D eigenvalue weighted by Crippen LogP contribution is 2.36. The molecule has 1 aromatic rings. The lowest BCUT2D eigenvalue weighted by molar-refractivity contribution is -0.133. The highest BCUT2D eigenvalue weighted by Gasteiger charge is 2.31. The van der Waals surface area contributed by atoms with Crippen LogP contribution in [0.3, 0.4) is 0 Å². The van der Waals surface area contributed by atoms with Crippen molar-refractivity contribution in [2.45, 2.75) is 33.1 Å².